The number of hydrogen-bond acceptors (Lipinski definition) is 2. The molecule has 0 aliphatic heterocycles. The second-order valence-corrected chi connectivity index (χ2v) is 4.96. The van der Waals surface area contributed by atoms with Crippen LogP contribution in [-0.2, 0) is 0 Å². The molecule has 0 aliphatic rings. The maximum absolute atomic E-state index is 9.35. The van der Waals surface area contributed by atoms with Crippen LogP contribution in [0.15, 0.2) is 0 Å². The highest BCUT2D eigenvalue weighted by molar-refractivity contribution is 4.73. The Morgan fingerprint density at radius 2 is 1.67 bits per heavy atom. The van der Waals surface area contributed by atoms with E-state index < -0.39 is 0 Å². The standard InChI is InChI=1S/C10H23NO/c1-8(9(2)12)11(6)7-10(3,4)5/h8-9,12H,7H2,1-6H3. The van der Waals surface area contributed by atoms with E-state index in [4.69, 9.17) is 0 Å². The van der Waals surface area contributed by atoms with Crippen molar-refractivity contribution < 1.29 is 5.11 Å². The van der Waals surface area contributed by atoms with Gasteiger partial charge in [0.15, 0.2) is 0 Å². The molecule has 1 N–H and O–H groups in total. The molecule has 0 saturated carbocycles. The quantitative estimate of drug-likeness (QED) is 0.702. The lowest BCUT2D eigenvalue weighted by molar-refractivity contribution is 0.0679. The highest BCUT2D eigenvalue weighted by atomic mass is 16.3. The summed E-state index contributed by atoms with van der Waals surface area (Å²) in [6.07, 6.45) is -0.252. The van der Waals surface area contributed by atoms with E-state index in [1.54, 1.807) is 0 Å². The first-order valence-electron chi connectivity index (χ1n) is 4.62. The molecule has 0 radical (unpaired) electrons. The molecule has 0 bridgehead atoms. The summed E-state index contributed by atoms with van der Waals surface area (Å²) >= 11 is 0. The lowest BCUT2D eigenvalue weighted by atomic mass is 9.95. The van der Waals surface area contributed by atoms with Crippen LogP contribution in [-0.4, -0.2) is 35.7 Å². The van der Waals surface area contributed by atoms with Crippen molar-refractivity contribution in [3.63, 3.8) is 0 Å². The second-order valence-electron chi connectivity index (χ2n) is 4.96. The molecule has 2 unspecified atom stereocenters. The van der Waals surface area contributed by atoms with Crippen molar-refractivity contribution in [1.82, 2.24) is 4.90 Å². The number of rotatable bonds is 3. The molecular formula is C10H23NO. The lowest BCUT2D eigenvalue weighted by Gasteiger charge is -2.32. The highest BCUT2D eigenvalue weighted by Crippen LogP contribution is 2.16. The Bertz CT molecular complexity index is 126. The molecular weight excluding hydrogens is 150 g/mol. The monoisotopic (exact) mass is 173 g/mol. The molecule has 2 nitrogen and oxygen atoms in total. The Morgan fingerprint density at radius 3 is 1.92 bits per heavy atom. The zero-order valence-electron chi connectivity index (χ0n) is 9.26. The van der Waals surface area contributed by atoms with Gasteiger partial charge in [0.1, 0.15) is 0 Å². The van der Waals surface area contributed by atoms with Crippen LogP contribution < -0.4 is 0 Å². The summed E-state index contributed by atoms with van der Waals surface area (Å²) in [4.78, 5) is 2.20. The normalized spacial score (nSPS) is 18.0. The predicted octanol–water partition coefficient (Wildman–Crippen LogP) is 1.73. The van der Waals surface area contributed by atoms with Crippen LogP contribution in [0.2, 0.25) is 0 Å². The fourth-order valence-electron chi connectivity index (χ4n) is 1.26. The van der Waals surface area contributed by atoms with Crippen molar-refractivity contribution in [2.75, 3.05) is 13.6 Å². The molecule has 0 heterocycles. The molecule has 0 aromatic rings. The van der Waals surface area contributed by atoms with Gasteiger partial charge in [-0.15, -0.1) is 0 Å². The first kappa shape index (κ1) is 11.9. The molecule has 0 saturated heterocycles. The molecule has 2 atom stereocenters. The highest BCUT2D eigenvalue weighted by Gasteiger charge is 2.19. The van der Waals surface area contributed by atoms with E-state index in [9.17, 15) is 5.11 Å². The Labute approximate surface area is 76.6 Å². The van der Waals surface area contributed by atoms with E-state index in [2.05, 4.69) is 39.6 Å². The average Bonchev–Trinajstić information content (AvgIpc) is 1.82. The largest absolute Gasteiger partial charge is 0.392 e. The maximum atomic E-state index is 9.35. The summed E-state index contributed by atoms with van der Waals surface area (Å²) in [5.74, 6) is 0. The number of hydrogen-bond donors (Lipinski definition) is 1. The zero-order chi connectivity index (χ0) is 9.94. The summed E-state index contributed by atoms with van der Waals surface area (Å²) in [5, 5.41) is 9.35. The number of aliphatic hydroxyl groups is 1. The van der Waals surface area contributed by atoms with Crippen molar-refractivity contribution in [2.24, 2.45) is 5.41 Å². The molecule has 0 aliphatic carbocycles. The summed E-state index contributed by atoms with van der Waals surface area (Å²) in [5.41, 5.74) is 0.303. The van der Waals surface area contributed by atoms with Crippen LogP contribution in [0.4, 0.5) is 0 Å². The van der Waals surface area contributed by atoms with Gasteiger partial charge in [0.05, 0.1) is 6.10 Å². The SMILES string of the molecule is CC(O)C(C)N(C)CC(C)(C)C. The molecule has 0 fully saturated rings. The van der Waals surface area contributed by atoms with Crippen LogP contribution >= 0.6 is 0 Å². The smallest absolute Gasteiger partial charge is 0.0664 e. The van der Waals surface area contributed by atoms with Crippen molar-refractivity contribution in [1.29, 1.82) is 0 Å². The van der Waals surface area contributed by atoms with Crippen LogP contribution in [0.25, 0.3) is 0 Å². The second kappa shape index (κ2) is 4.24. The number of aliphatic hydroxyl groups excluding tert-OH is 1. The molecule has 0 amide bonds. The first-order chi connectivity index (χ1) is 5.24. The summed E-state index contributed by atoms with van der Waals surface area (Å²) in [6, 6.07) is 0.240. The third-order valence-corrected chi connectivity index (χ3v) is 2.12. The third kappa shape index (κ3) is 4.73. The predicted molar refractivity (Wildman–Crippen MR) is 53.2 cm³/mol. The fraction of sp³-hybridized carbons (Fsp3) is 1.00. The number of likely N-dealkylation sites (N-methyl/N-ethyl adjacent to an activating group) is 1. The van der Waals surface area contributed by atoms with Crippen LogP contribution in [0.5, 0.6) is 0 Å². The van der Waals surface area contributed by atoms with Crippen LogP contribution in [0, 0.1) is 5.41 Å². The van der Waals surface area contributed by atoms with Gasteiger partial charge in [0.25, 0.3) is 0 Å². The van der Waals surface area contributed by atoms with Crippen molar-refractivity contribution >= 4 is 0 Å². The summed E-state index contributed by atoms with van der Waals surface area (Å²) < 4.78 is 0. The van der Waals surface area contributed by atoms with E-state index in [0.717, 1.165) is 6.54 Å². The number of nitrogens with zero attached hydrogens (tertiary/aromatic N) is 1. The molecule has 0 aromatic heterocycles. The van der Waals surface area contributed by atoms with Gasteiger partial charge >= 0.3 is 0 Å². The maximum Gasteiger partial charge on any atom is 0.0664 e. The molecule has 74 valence electrons. The molecule has 12 heavy (non-hydrogen) atoms. The Kier molecular flexibility index (Phi) is 4.21. The first-order valence-corrected chi connectivity index (χ1v) is 4.62. The van der Waals surface area contributed by atoms with Gasteiger partial charge in [-0.3, -0.25) is 0 Å². The van der Waals surface area contributed by atoms with Crippen LogP contribution in [0.1, 0.15) is 34.6 Å². The van der Waals surface area contributed by atoms with E-state index in [-0.39, 0.29) is 12.1 Å². The summed E-state index contributed by atoms with van der Waals surface area (Å²) in [7, 11) is 2.06. The van der Waals surface area contributed by atoms with Gasteiger partial charge in [0, 0.05) is 12.6 Å². The zero-order valence-corrected chi connectivity index (χ0v) is 9.26. The molecule has 0 spiro atoms. The van der Waals surface area contributed by atoms with E-state index in [1.807, 2.05) is 6.92 Å². The molecule has 2 heteroatoms. The van der Waals surface area contributed by atoms with Crippen molar-refractivity contribution in [3.8, 4) is 0 Å². The van der Waals surface area contributed by atoms with Gasteiger partial charge in [-0.05, 0) is 26.3 Å². The average molecular weight is 173 g/mol. The lowest BCUT2D eigenvalue weighted by Crippen LogP contribution is -2.41. The van der Waals surface area contributed by atoms with E-state index >= 15 is 0 Å². The Morgan fingerprint density at radius 1 is 1.25 bits per heavy atom. The van der Waals surface area contributed by atoms with Crippen LogP contribution in [0.3, 0.4) is 0 Å². The third-order valence-electron chi connectivity index (χ3n) is 2.12. The Hall–Kier alpha value is -0.0800. The van der Waals surface area contributed by atoms with Crippen molar-refractivity contribution in [2.45, 2.75) is 46.8 Å². The van der Waals surface area contributed by atoms with Gasteiger partial charge in [-0.2, -0.15) is 0 Å². The Balaban J connectivity index is 3.95. The molecule has 0 aromatic carbocycles. The fourth-order valence-corrected chi connectivity index (χ4v) is 1.26. The topological polar surface area (TPSA) is 23.5 Å². The van der Waals surface area contributed by atoms with Crippen molar-refractivity contribution in [3.05, 3.63) is 0 Å². The minimum Gasteiger partial charge on any atom is -0.392 e. The van der Waals surface area contributed by atoms with Gasteiger partial charge in [-0.1, -0.05) is 20.8 Å². The molecule has 0 rings (SSSR count). The van der Waals surface area contributed by atoms with Gasteiger partial charge < -0.3 is 10.0 Å². The minimum atomic E-state index is -0.252. The van der Waals surface area contributed by atoms with E-state index in [1.165, 1.54) is 0 Å². The van der Waals surface area contributed by atoms with Gasteiger partial charge in [-0.25, -0.2) is 0 Å². The summed E-state index contributed by atoms with van der Waals surface area (Å²) in [6.45, 7) is 11.5. The van der Waals surface area contributed by atoms with Gasteiger partial charge in [0.2, 0.25) is 0 Å². The minimum absolute atomic E-state index is 0.240. The van der Waals surface area contributed by atoms with E-state index in [0.29, 0.717) is 5.41 Å².